The zero-order chi connectivity index (χ0) is 21.1. The summed E-state index contributed by atoms with van der Waals surface area (Å²) in [5, 5.41) is 28.2. The molecule has 0 radical (unpaired) electrons. The fourth-order valence-electron chi connectivity index (χ4n) is 2.76. The highest BCUT2D eigenvalue weighted by Gasteiger charge is 2.22. The van der Waals surface area contributed by atoms with Crippen molar-refractivity contribution in [3.8, 4) is 0 Å². The second-order valence-electron chi connectivity index (χ2n) is 7.10. The number of phosphoric acid groups is 1. The molecule has 0 saturated heterocycles. The third-order valence-electron chi connectivity index (χ3n) is 4.40. The van der Waals surface area contributed by atoms with Crippen LogP contribution in [-0.2, 0) is 4.57 Å². The van der Waals surface area contributed by atoms with Gasteiger partial charge in [0, 0.05) is 0 Å². The summed E-state index contributed by atoms with van der Waals surface area (Å²) in [5.41, 5.74) is 5.49. The number of hydrogen-bond acceptors (Lipinski definition) is 5. The molecule has 0 saturated carbocycles. The van der Waals surface area contributed by atoms with Gasteiger partial charge in [-0.3, -0.25) is 0 Å². The predicted molar refractivity (Wildman–Crippen MR) is 107 cm³/mol. The van der Waals surface area contributed by atoms with Gasteiger partial charge in [0.2, 0.25) is 0 Å². The van der Waals surface area contributed by atoms with Crippen LogP contribution >= 0.6 is 7.82 Å². The standard InChI is InChI=1S/C18H39NO3.H3O4P/c1-2-3-4-5-6-7-8-9-10-11-12-13-14-17(21)18(22)16(19)15-20;1-5(2,3)4/h16-18,20-22H,2-15,19H2,1H3;(H3,1,2,3,4)/t16-,17+,18+;/m0./s1. The molecule has 0 bridgehead atoms. The molecule has 0 amide bonds. The molecule has 0 aromatic carbocycles. The predicted octanol–water partition coefficient (Wildman–Crippen LogP) is 2.19. The van der Waals surface area contributed by atoms with Gasteiger partial charge in [0.05, 0.1) is 24.9 Å². The molecule has 0 spiro atoms. The van der Waals surface area contributed by atoms with Crippen LogP contribution in [0.5, 0.6) is 0 Å². The van der Waals surface area contributed by atoms with Crippen LogP contribution in [0.15, 0.2) is 0 Å². The van der Waals surface area contributed by atoms with Crippen molar-refractivity contribution in [2.45, 2.75) is 109 Å². The molecule has 0 aliphatic rings. The van der Waals surface area contributed by atoms with E-state index >= 15 is 0 Å². The van der Waals surface area contributed by atoms with E-state index < -0.39 is 26.1 Å². The van der Waals surface area contributed by atoms with E-state index in [0.717, 1.165) is 12.8 Å². The Kier molecular flexibility index (Phi) is 20.8. The van der Waals surface area contributed by atoms with E-state index in [1.54, 1.807) is 0 Å². The molecule has 0 aliphatic carbocycles. The van der Waals surface area contributed by atoms with Crippen LogP contribution in [0.3, 0.4) is 0 Å². The summed E-state index contributed by atoms with van der Waals surface area (Å²) in [6, 6.07) is -0.743. The van der Waals surface area contributed by atoms with Crippen molar-refractivity contribution in [1.82, 2.24) is 0 Å². The zero-order valence-corrected chi connectivity index (χ0v) is 17.6. The Morgan fingerprint density at radius 1 is 0.778 bits per heavy atom. The van der Waals surface area contributed by atoms with Gasteiger partial charge in [-0.15, -0.1) is 0 Å². The number of unbranched alkanes of at least 4 members (excludes halogenated alkanes) is 11. The fourth-order valence-corrected chi connectivity index (χ4v) is 2.76. The first-order chi connectivity index (χ1) is 12.6. The highest BCUT2D eigenvalue weighted by atomic mass is 31.2. The van der Waals surface area contributed by atoms with Crippen molar-refractivity contribution < 1.29 is 34.6 Å². The highest BCUT2D eigenvalue weighted by molar-refractivity contribution is 7.45. The first-order valence-corrected chi connectivity index (χ1v) is 11.7. The minimum atomic E-state index is -4.64. The molecule has 0 heterocycles. The van der Waals surface area contributed by atoms with Gasteiger partial charge in [0.1, 0.15) is 0 Å². The first kappa shape index (κ1) is 29.2. The lowest BCUT2D eigenvalue weighted by molar-refractivity contribution is -0.0121. The number of aliphatic hydroxyl groups is 3. The minimum absolute atomic E-state index is 0.295. The topological polar surface area (TPSA) is 164 Å². The lowest BCUT2D eigenvalue weighted by atomic mass is 10.00. The van der Waals surface area contributed by atoms with Gasteiger partial charge >= 0.3 is 7.82 Å². The lowest BCUT2D eigenvalue weighted by Gasteiger charge is -2.22. The Labute approximate surface area is 164 Å². The molecule has 0 aromatic heterocycles. The Bertz CT molecular complexity index is 346. The van der Waals surface area contributed by atoms with E-state index in [2.05, 4.69) is 6.92 Å². The quantitative estimate of drug-likeness (QED) is 0.149. The molecule has 0 fully saturated rings. The summed E-state index contributed by atoms with van der Waals surface area (Å²) in [6.07, 6.45) is 14.1. The second kappa shape index (κ2) is 19.3. The van der Waals surface area contributed by atoms with Crippen molar-refractivity contribution in [2.75, 3.05) is 6.61 Å². The Hall–Kier alpha value is -0.0500. The molecular weight excluding hydrogens is 373 g/mol. The Balaban J connectivity index is 0. The molecule has 27 heavy (non-hydrogen) atoms. The Morgan fingerprint density at radius 2 is 1.11 bits per heavy atom. The zero-order valence-electron chi connectivity index (χ0n) is 16.7. The maximum atomic E-state index is 9.74. The van der Waals surface area contributed by atoms with Crippen LogP contribution in [0, 0.1) is 0 Å². The second-order valence-corrected chi connectivity index (χ2v) is 8.12. The van der Waals surface area contributed by atoms with E-state index in [4.69, 9.17) is 30.1 Å². The van der Waals surface area contributed by atoms with E-state index in [1.165, 1.54) is 64.2 Å². The van der Waals surface area contributed by atoms with Gasteiger partial charge in [0.25, 0.3) is 0 Å². The SMILES string of the molecule is CCCCCCCCCCCCCC[C@@H](O)[C@H](O)[C@@H](N)CO.O=P(O)(O)O. The van der Waals surface area contributed by atoms with Crippen molar-refractivity contribution in [3.05, 3.63) is 0 Å². The van der Waals surface area contributed by atoms with E-state index in [9.17, 15) is 10.2 Å². The monoisotopic (exact) mass is 415 g/mol. The van der Waals surface area contributed by atoms with Crippen LogP contribution in [0.25, 0.3) is 0 Å². The minimum Gasteiger partial charge on any atom is -0.395 e. The molecule has 3 atom stereocenters. The maximum Gasteiger partial charge on any atom is 0.466 e. The summed E-state index contributed by atoms with van der Waals surface area (Å²) >= 11 is 0. The van der Waals surface area contributed by atoms with Gasteiger partial charge < -0.3 is 35.7 Å². The average Bonchev–Trinajstić information content (AvgIpc) is 2.59. The van der Waals surface area contributed by atoms with E-state index in [0.29, 0.717) is 6.42 Å². The van der Waals surface area contributed by atoms with E-state index in [-0.39, 0.29) is 6.61 Å². The molecule has 0 unspecified atom stereocenters. The molecule has 0 rings (SSSR count). The molecule has 0 aromatic rings. The molecular formula is C18H42NO7P. The van der Waals surface area contributed by atoms with Gasteiger partial charge in [0.15, 0.2) is 0 Å². The molecule has 166 valence electrons. The van der Waals surface area contributed by atoms with Crippen molar-refractivity contribution in [3.63, 3.8) is 0 Å². The van der Waals surface area contributed by atoms with Crippen molar-refractivity contribution >= 4 is 7.82 Å². The van der Waals surface area contributed by atoms with Gasteiger partial charge in [-0.25, -0.2) is 4.57 Å². The largest absolute Gasteiger partial charge is 0.466 e. The smallest absolute Gasteiger partial charge is 0.395 e. The molecule has 8 nitrogen and oxygen atoms in total. The van der Waals surface area contributed by atoms with Crippen molar-refractivity contribution in [1.29, 1.82) is 0 Å². The summed E-state index contributed by atoms with van der Waals surface area (Å²) in [7, 11) is -4.64. The van der Waals surface area contributed by atoms with E-state index in [1.807, 2.05) is 0 Å². The van der Waals surface area contributed by atoms with Crippen molar-refractivity contribution in [2.24, 2.45) is 5.73 Å². The molecule has 8 N–H and O–H groups in total. The summed E-state index contributed by atoms with van der Waals surface area (Å²) in [5.74, 6) is 0. The number of hydrogen-bond donors (Lipinski definition) is 7. The summed E-state index contributed by atoms with van der Waals surface area (Å²) in [6.45, 7) is 1.96. The third-order valence-corrected chi connectivity index (χ3v) is 4.40. The first-order valence-electron chi connectivity index (χ1n) is 10.1. The number of aliphatic hydroxyl groups excluding tert-OH is 3. The fraction of sp³-hybridized carbons (Fsp3) is 1.00. The van der Waals surface area contributed by atoms with Crippen LogP contribution in [-0.4, -0.2) is 54.9 Å². The number of rotatable bonds is 16. The number of nitrogens with two attached hydrogens (primary N) is 1. The highest BCUT2D eigenvalue weighted by Crippen LogP contribution is 2.25. The van der Waals surface area contributed by atoms with Crippen LogP contribution in [0.1, 0.15) is 90.4 Å². The summed E-state index contributed by atoms with van der Waals surface area (Å²) < 4.78 is 8.88. The van der Waals surface area contributed by atoms with Gasteiger partial charge in [-0.05, 0) is 6.42 Å². The normalized spacial score (nSPS) is 15.0. The lowest BCUT2D eigenvalue weighted by Crippen LogP contribution is -2.45. The van der Waals surface area contributed by atoms with Crippen LogP contribution in [0.4, 0.5) is 0 Å². The van der Waals surface area contributed by atoms with Crippen LogP contribution < -0.4 is 5.73 Å². The third kappa shape index (κ3) is 25.9. The van der Waals surface area contributed by atoms with Gasteiger partial charge in [-0.1, -0.05) is 84.0 Å². The maximum absolute atomic E-state index is 9.74. The molecule has 9 heteroatoms. The summed E-state index contributed by atoms with van der Waals surface area (Å²) in [4.78, 5) is 21.6. The van der Waals surface area contributed by atoms with Gasteiger partial charge in [-0.2, -0.15) is 0 Å². The van der Waals surface area contributed by atoms with Crippen LogP contribution in [0.2, 0.25) is 0 Å². The Morgan fingerprint density at radius 3 is 1.44 bits per heavy atom. The average molecular weight is 416 g/mol. The molecule has 0 aliphatic heterocycles.